The van der Waals surface area contributed by atoms with Gasteiger partial charge >= 0.3 is 0 Å². The monoisotopic (exact) mass is 636 g/mol. The average molecular weight is 639 g/mol. The van der Waals surface area contributed by atoms with E-state index in [9.17, 15) is 5.11 Å². The van der Waals surface area contributed by atoms with Crippen LogP contribution in [0.2, 0.25) is 0 Å². The fourth-order valence-corrected chi connectivity index (χ4v) is 5.69. The molecule has 194 valence electrons. The minimum atomic E-state index is -0.619. The molecule has 2 saturated heterocycles. The Morgan fingerprint density at radius 1 is 0.639 bits per heavy atom. The van der Waals surface area contributed by atoms with E-state index in [0.29, 0.717) is 0 Å². The zero-order chi connectivity index (χ0) is 24.7. The Labute approximate surface area is 237 Å². The first-order valence-electron chi connectivity index (χ1n) is 12.3. The van der Waals surface area contributed by atoms with Crippen molar-refractivity contribution in [2.45, 2.75) is 36.7 Å². The van der Waals surface area contributed by atoms with Gasteiger partial charge in [-0.25, -0.2) is 0 Å². The van der Waals surface area contributed by atoms with E-state index < -0.39 is 5.60 Å². The van der Waals surface area contributed by atoms with Gasteiger partial charge < -0.3 is 20.5 Å². The third-order valence-corrected chi connectivity index (χ3v) is 8.37. The van der Waals surface area contributed by atoms with Crippen molar-refractivity contribution in [1.29, 1.82) is 0 Å². The van der Waals surface area contributed by atoms with Crippen LogP contribution in [0.25, 0.3) is 0 Å². The highest BCUT2D eigenvalue weighted by molar-refractivity contribution is 9.10. The number of hydrogen-bond acceptors (Lipinski definition) is 4. The van der Waals surface area contributed by atoms with Crippen LogP contribution in [-0.2, 0) is 11.0 Å². The molecule has 0 bridgehead atoms. The number of methoxy groups -OCH3 is 1. The molecule has 0 amide bonds. The van der Waals surface area contributed by atoms with Crippen molar-refractivity contribution in [3.05, 3.63) is 98.4 Å². The second-order valence-electron chi connectivity index (χ2n) is 9.36. The molecule has 0 aliphatic carbocycles. The van der Waals surface area contributed by atoms with Crippen molar-refractivity contribution >= 4 is 44.3 Å². The first-order valence-corrected chi connectivity index (χ1v) is 13.8. The lowest BCUT2D eigenvalue weighted by molar-refractivity contribution is 0.00593. The van der Waals surface area contributed by atoms with E-state index in [-0.39, 0.29) is 17.8 Å². The van der Waals surface area contributed by atoms with Gasteiger partial charge in [0, 0.05) is 14.4 Å². The molecule has 5 rings (SSSR count). The molecule has 2 fully saturated rings. The average Bonchev–Trinajstić information content (AvgIpc) is 2.91. The molecule has 3 aromatic rings. The quantitative estimate of drug-likeness (QED) is 0.303. The molecule has 0 radical (unpaired) electrons. The molecule has 2 aliphatic heterocycles. The molecular formula is C29H35Br2ClN2O2. The minimum Gasteiger partial charge on any atom is -0.497 e. The highest BCUT2D eigenvalue weighted by Gasteiger charge is 2.35. The third kappa shape index (κ3) is 6.91. The van der Waals surface area contributed by atoms with Gasteiger partial charge in [0.25, 0.3) is 0 Å². The molecule has 4 nitrogen and oxygen atoms in total. The number of piperidine rings is 2. The lowest BCUT2D eigenvalue weighted by Gasteiger charge is -2.39. The summed E-state index contributed by atoms with van der Waals surface area (Å²) in [6.45, 7) is 3.91. The first kappa shape index (κ1) is 29.2. The molecule has 7 heteroatoms. The Morgan fingerprint density at radius 3 is 1.47 bits per heavy atom. The zero-order valence-electron chi connectivity index (χ0n) is 20.6. The van der Waals surface area contributed by atoms with Crippen LogP contribution in [0.3, 0.4) is 0 Å². The summed E-state index contributed by atoms with van der Waals surface area (Å²) in [6, 6.07) is 25.3. The number of benzene rings is 3. The van der Waals surface area contributed by atoms with Gasteiger partial charge in [-0.1, -0.05) is 68.3 Å². The molecular weight excluding hydrogens is 604 g/mol. The Hall–Kier alpha value is -1.41. The molecule has 36 heavy (non-hydrogen) atoms. The van der Waals surface area contributed by atoms with Gasteiger partial charge in [-0.2, -0.15) is 0 Å². The summed E-state index contributed by atoms with van der Waals surface area (Å²) in [7, 11) is 1.71. The first-order chi connectivity index (χ1) is 16.9. The van der Waals surface area contributed by atoms with Crippen LogP contribution in [-0.4, -0.2) is 38.4 Å². The van der Waals surface area contributed by atoms with E-state index in [1.165, 1.54) is 11.1 Å². The van der Waals surface area contributed by atoms with Gasteiger partial charge in [-0.05, 0) is 105 Å². The molecule has 0 spiro atoms. The summed E-state index contributed by atoms with van der Waals surface area (Å²) in [5.41, 5.74) is 3.30. The van der Waals surface area contributed by atoms with Crippen LogP contribution < -0.4 is 15.4 Å². The molecule has 3 aromatic carbocycles. The van der Waals surface area contributed by atoms with Crippen LogP contribution >= 0.6 is 44.3 Å². The molecule has 0 aromatic heterocycles. The van der Waals surface area contributed by atoms with E-state index in [1.54, 1.807) is 7.11 Å². The Morgan fingerprint density at radius 2 is 1.03 bits per heavy atom. The second kappa shape index (κ2) is 13.4. The Balaban J connectivity index is 0.000000210. The number of halogens is 3. The molecule has 3 N–H and O–H groups in total. The van der Waals surface area contributed by atoms with E-state index in [4.69, 9.17) is 4.74 Å². The maximum Gasteiger partial charge on any atom is 0.118 e. The molecule has 2 aliphatic rings. The highest BCUT2D eigenvalue weighted by atomic mass is 79.9. The fraction of sp³-hybridized carbons (Fsp3) is 0.379. The van der Waals surface area contributed by atoms with Crippen molar-refractivity contribution in [3.8, 4) is 5.75 Å². The van der Waals surface area contributed by atoms with Crippen LogP contribution in [0, 0.1) is 0 Å². The maximum absolute atomic E-state index is 10.4. The van der Waals surface area contributed by atoms with Crippen molar-refractivity contribution in [1.82, 2.24) is 10.6 Å². The van der Waals surface area contributed by atoms with Crippen LogP contribution in [0.5, 0.6) is 5.75 Å². The SMILES string of the molecule is COc1ccc(C2(c3ccc(Br)cc3)CCNCC2)cc1.Cl.OC1(c2ccc(Br)cc2)CCNCC1. The van der Waals surface area contributed by atoms with Gasteiger partial charge in [0.15, 0.2) is 0 Å². The second-order valence-corrected chi connectivity index (χ2v) is 11.2. The topological polar surface area (TPSA) is 53.5 Å². The fourth-order valence-electron chi connectivity index (χ4n) is 5.17. The van der Waals surface area contributed by atoms with E-state index in [2.05, 4.69) is 91.0 Å². The van der Waals surface area contributed by atoms with Crippen molar-refractivity contribution < 1.29 is 9.84 Å². The smallest absolute Gasteiger partial charge is 0.118 e. The summed E-state index contributed by atoms with van der Waals surface area (Å²) in [5, 5.41) is 17.1. The normalized spacial score (nSPS) is 18.2. The predicted octanol–water partition coefficient (Wildman–Crippen LogP) is 6.57. The summed E-state index contributed by atoms with van der Waals surface area (Å²) in [6.07, 6.45) is 3.85. The van der Waals surface area contributed by atoms with Crippen molar-refractivity contribution in [3.63, 3.8) is 0 Å². The summed E-state index contributed by atoms with van der Waals surface area (Å²) in [5.74, 6) is 0.915. The Kier molecular flexibility index (Phi) is 10.9. The summed E-state index contributed by atoms with van der Waals surface area (Å²) < 4.78 is 7.48. The van der Waals surface area contributed by atoms with Gasteiger partial charge in [0.05, 0.1) is 12.7 Å². The summed E-state index contributed by atoms with van der Waals surface area (Å²) in [4.78, 5) is 0. The molecule has 0 unspecified atom stereocenters. The van der Waals surface area contributed by atoms with E-state index in [1.807, 2.05) is 24.3 Å². The lowest BCUT2D eigenvalue weighted by Crippen LogP contribution is -2.40. The van der Waals surface area contributed by atoms with Gasteiger partial charge in [0.2, 0.25) is 0 Å². The van der Waals surface area contributed by atoms with Gasteiger partial charge in [-0.15, -0.1) is 12.4 Å². The number of aliphatic hydroxyl groups is 1. The van der Waals surface area contributed by atoms with Gasteiger partial charge in [-0.3, -0.25) is 0 Å². The number of nitrogens with one attached hydrogen (secondary N) is 2. The molecule has 0 atom stereocenters. The van der Waals surface area contributed by atoms with Crippen LogP contribution in [0.1, 0.15) is 42.4 Å². The standard InChI is InChI=1S/C18H20BrNO.C11H14BrNO.ClH/c1-21-17-8-4-15(5-9-17)18(10-12-20-13-11-18)14-2-6-16(19)7-3-14;12-10-3-1-9(2-4-10)11(14)5-7-13-8-6-11;/h2-9,20H,10-13H2,1H3;1-4,13-14H,5-8H2;1H. The van der Waals surface area contributed by atoms with E-state index >= 15 is 0 Å². The zero-order valence-corrected chi connectivity index (χ0v) is 24.6. The molecule has 0 saturated carbocycles. The highest BCUT2D eigenvalue weighted by Crippen LogP contribution is 2.41. The third-order valence-electron chi connectivity index (χ3n) is 7.31. The maximum atomic E-state index is 10.4. The van der Waals surface area contributed by atoms with E-state index in [0.717, 1.165) is 72.1 Å². The number of rotatable bonds is 4. The lowest BCUT2D eigenvalue weighted by atomic mass is 9.68. The summed E-state index contributed by atoms with van der Waals surface area (Å²) >= 11 is 6.93. The van der Waals surface area contributed by atoms with Crippen molar-refractivity contribution in [2.75, 3.05) is 33.3 Å². The largest absolute Gasteiger partial charge is 0.497 e. The minimum absolute atomic E-state index is 0. The predicted molar refractivity (Wildman–Crippen MR) is 157 cm³/mol. The molecule has 2 heterocycles. The Bertz CT molecular complexity index is 1060. The van der Waals surface area contributed by atoms with Crippen molar-refractivity contribution in [2.24, 2.45) is 0 Å². The van der Waals surface area contributed by atoms with Gasteiger partial charge in [0.1, 0.15) is 5.75 Å². The van der Waals surface area contributed by atoms with Crippen LogP contribution in [0.15, 0.2) is 81.7 Å². The number of ether oxygens (including phenoxy) is 1. The number of hydrogen-bond donors (Lipinski definition) is 3. The van der Waals surface area contributed by atoms with Crippen LogP contribution in [0.4, 0.5) is 0 Å².